The van der Waals surface area contributed by atoms with Gasteiger partial charge in [0.15, 0.2) is 0 Å². The fraction of sp³-hybridized carbons (Fsp3) is 0.423. The summed E-state index contributed by atoms with van der Waals surface area (Å²) in [4.78, 5) is 55.3. The molecule has 37 heavy (non-hydrogen) atoms. The Morgan fingerprint density at radius 3 is 2.70 bits per heavy atom. The number of amides is 3. The Kier molecular flexibility index (Phi) is 8.14. The number of fused-ring (bicyclic) bond motifs is 4. The van der Waals surface area contributed by atoms with Gasteiger partial charge in [-0.05, 0) is 55.8 Å². The Hall–Kier alpha value is -3.83. The molecule has 0 unspecified atom stereocenters. The Bertz CT molecular complexity index is 1230. The van der Waals surface area contributed by atoms with Crippen LogP contribution in [0.2, 0.25) is 0 Å². The molecule has 2 aromatic rings. The standard InChI is InChI=1S/C26H31N5O6/c1-15-25(35)31-10-4-6-21(30-31)26(36)37-16(2)17-8-9-18-13-27-20(12-19(18)11-17)5-3-7-23(33)29-22(14-32)24(34)28-15/h3,5,8-9,11-13,15-16,21-22,30,32H,4,6-7,10,14H2,1-2H3,(H,28,34)(H,29,33)/t15-,16+,21-,22-/m0/s1. The molecular weight excluding hydrogens is 478 g/mol. The highest BCUT2D eigenvalue weighted by Crippen LogP contribution is 2.24. The molecule has 196 valence electrons. The van der Waals surface area contributed by atoms with Crippen LogP contribution in [0.1, 0.15) is 50.5 Å². The van der Waals surface area contributed by atoms with E-state index >= 15 is 0 Å². The van der Waals surface area contributed by atoms with Crippen molar-refractivity contribution in [2.45, 2.75) is 57.3 Å². The summed E-state index contributed by atoms with van der Waals surface area (Å²) >= 11 is 0. The number of carbonyl (C=O) groups is 4. The van der Waals surface area contributed by atoms with E-state index in [-0.39, 0.29) is 6.42 Å². The summed E-state index contributed by atoms with van der Waals surface area (Å²) in [6.45, 7) is 3.00. The molecular formula is C26H31N5O6. The van der Waals surface area contributed by atoms with E-state index in [2.05, 4.69) is 21.0 Å². The molecule has 0 radical (unpaired) electrons. The predicted octanol–water partition coefficient (Wildman–Crippen LogP) is 0.733. The van der Waals surface area contributed by atoms with Crippen molar-refractivity contribution >= 4 is 40.5 Å². The molecule has 11 heteroatoms. The molecule has 0 saturated carbocycles. The number of ether oxygens (including phenoxy) is 1. The molecule has 4 N–H and O–H groups in total. The van der Waals surface area contributed by atoms with Gasteiger partial charge in [-0.3, -0.25) is 29.2 Å². The third-order valence-electron chi connectivity index (χ3n) is 6.42. The Morgan fingerprint density at radius 2 is 1.92 bits per heavy atom. The summed E-state index contributed by atoms with van der Waals surface area (Å²) in [7, 11) is 0. The molecule has 2 aliphatic heterocycles. The van der Waals surface area contributed by atoms with Crippen LogP contribution in [0.4, 0.5) is 0 Å². The van der Waals surface area contributed by atoms with Crippen molar-refractivity contribution in [3.63, 3.8) is 0 Å². The lowest BCUT2D eigenvalue weighted by Crippen LogP contribution is -2.60. The number of nitrogens with one attached hydrogen (secondary N) is 3. The van der Waals surface area contributed by atoms with Gasteiger partial charge in [0, 0.05) is 24.5 Å². The van der Waals surface area contributed by atoms with Crippen molar-refractivity contribution in [2.24, 2.45) is 0 Å². The minimum atomic E-state index is -1.22. The number of cyclic esters (lactones) is 1. The van der Waals surface area contributed by atoms with Crippen LogP contribution in [0.5, 0.6) is 0 Å². The number of rotatable bonds is 1. The fourth-order valence-corrected chi connectivity index (χ4v) is 4.30. The van der Waals surface area contributed by atoms with Crippen molar-refractivity contribution < 1.29 is 29.0 Å². The van der Waals surface area contributed by atoms with Crippen molar-refractivity contribution in [1.82, 2.24) is 26.1 Å². The molecule has 0 aliphatic carbocycles. The van der Waals surface area contributed by atoms with E-state index in [4.69, 9.17) is 4.74 Å². The average Bonchev–Trinajstić information content (AvgIpc) is 2.90. The molecule has 2 aliphatic rings. The maximum atomic E-state index is 13.0. The highest BCUT2D eigenvalue weighted by atomic mass is 16.5. The lowest BCUT2D eigenvalue weighted by atomic mass is 10.0. The summed E-state index contributed by atoms with van der Waals surface area (Å²) in [5.41, 5.74) is 4.35. The predicted molar refractivity (Wildman–Crippen MR) is 134 cm³/mol. The molecule has 4 atom stereocenters. The molecule has 3 amide bonds. The van der Waals surface area contributed by atoms with E-state index < -0.39 is 54.5 Å². The quantitative estimate of drug-likeness (QED) is 0.411. The normalized spacial score (nSPS) is 26.0. The molecule has 4 rings (SSSR count). The van der Waals surface area contributed by atoms with Gasteiger partial charge in [0.2, 0.25) is 11.8 Å². The minimum Gasteiger partial charge on any atom is -0.457 e. The number of carbonyl (C=O) groups excluding carboxylic acids is 4. The van der Waals surface area contributed by atoms with E-state index in [0.717, 1.165) is 16.3 Å². The molecule has 11 nitrogen and oxygen atoms in total. The lowest BCUT2D eigenvalue weighted by Gasteiger charge is -2.35. The maximum Gasteiger partial charge on any atom is 0.325 e. The van der Waals surface area contributed by atoms with Gasteiger partial charge in [0.25, 0.3) is 5.91 Å². The maximum absolute atomic E-state index is 13.0. The third kappa shape index (κ3) is 6.30. The number of hydrogen-bond acceptors (Lipinski definition) is 8. The zero-order valence-electron chi connectivity index (χ0n) is 20.8. The van der Waals surface area contributed by atoms with Gasteiger partial charge in [-0.15, -0.1) is 0 Å². The van der Waals surface area contributed by atoms with Crippen LogP contribution in [0, 0.1) is 0 Å². The van der Waals surface area contributed by atoms with E-state index in [9.17, 15) is 24.3 Å². The van der Waals surface area contributed by atoms with Gasteiger partial charge in [-0.25, -0.2) is 5.43 Å². The second-order valence-electron chi connectivity index (χ2n) is 9.25. The van der Waals surface area contributed by atoms with Gasteiger partial charge in [-0.2, -0.15) is 0 Å². The van der Waals surface area contributed by atoms with Gasteiger partial charge >= 0.3 is 5.97 Å². The SMILES string of the molecule is C[C@@H]1NC(=O)[C@H](CO)NC(=O)CC=Cc2cc3cc(ccc3cn2)[C@@H](C)OC(=O)[C@@H]2CCCN(N2)C1=O. The van der Waals surface area contributed by atoms with Gasteiger partial charge in [-0.1, -0.05) is 18.2 Å². The number of hydrazine groups is 1. The number of nitrogens with zero attached hydrogens (tertiary/aromatic N) is 2. The zero-order valence-corrected chi connectivity index (χ0v) is 20.8. The van der Waals surface area contributed by atoms with E-state index in [1.165, 1.54) is 11.9 Å². The number of esters is 1. The second kappa shape index (κ2) is 11.5. The summed E-state index contributed by atoms with van der Waals surface area (Å²) < 4.78 is 5.73. The van der Waals surface area contributed by atoms with Crippen LogP contribution in [0.25, 0.3) is 16.8 Å². The zero-order chi connectivity index (χ0) is 26.5. The van der Waals surface area contributed by atoms with Crippen molar-refractivity contribution in [3.05, 3.63) is 47.8 Å². The van der Waals surface area contributed by atoms with Crippen LogP contribution < -0.4 is 16.1 Å². The first-order valence-electron chi connectivity index (χ1n) is 12.3. The number of benzene rings is 1. The molecule has 1 aromatic heterocycles. The number of aliphatic hydroxyl groups excluding tert-OH is 1. The van der Waals surface area contributed by atoms with Gasteiger partial charge in [0.05, 0.1) is 12.3 Å². The van der Waals surface area contributed by atoms with Gasteiger partial charge < -0.3 is 20.5 Å². The summed E-state index contributed by atoms with van der Waals surface area (Å²) in [5.74, 6) is -2.09. The molecule has 1 fully saturated rings. The second-order valence-corrected chi connectivity index (χ2v) is 9.25. The molecule has 0 spiro atoms. The lowest BCUT2D eigenvalue weighted by molar-refractivity contribution is -0.157. The van der Waals surface area contributed by atoms with Crippen molar-refractivity contribution in [2.75, 3.05) is 13.2 Å². The van der Waals surface area contributed by atoms with Crippen molar-refractivity contribution in [3.8, 4) is 0 Å². The first kappa shape index (κ1) is 26.2. The highest BCUT2D eigenvalue weighted by molar-refractivity contribution is 5.92. The summed E-state index contributed by atoms with van der Waals surface area (Å²) in [5, 5.41) is 17.7. The monoisotopic (exact) mass is 509 g/mol. The number of pyridine rings is 1. The van der Waals surface area contributed by atoms with Crippen LogP contribution >= 0.6 is 0 Å². The minimum absolute atomic E-state index is 0.0376. The molecule has 1 aromatic carbocycles. The largest absolute Gasteiger partial charge is 0.457 e. The first-order chi connectivity index (χ1) is 17.7. The van der Waals surface area contributed by atoms with E-state index in [1.54, 1.807) is 25.3 Å². The van der Waals surface area contributed by atoms with Crippen molar-refractivity contribution in [1.29, 1.82) is 0 Å². The average molecular weight is 510 g/mol. The fourth-order valence-electron chi connectivity index (χ4n) is 4.30. The number of aromatic nitrogens is 1. The Balaban J connectivity index is 1.63. The molecule has 3 heterocycles. The molecule has 1 saturated heterocycles. The molecule has 5 bridgehead atoms. The summed E-state index contributed by atoms with van der Waals surface area (Å²) in [6.07, 6.45) is 5.52. The number of hydrogen-bond donors (Lipinski definition) is 4. The van der Waals surface area contributed by atoms with Crippen LogP contribution in [0.3, 0.4) is 0 Å². The van der Waals surface area contributed by atoms with Crippen LogP contribution in [-0.2, 0) is 23.9 Å². The van der Waals surface area contributed by atoms with E-state index in [1.807, 2.05) is 24.3 Å². The van der Waals surface area contributed by atoms with E-state index in [0.29, 0.717) is 25.1 Å². The smallest absolute Gasteiger partial charge is 0.325 e. The topological polar surface area (TPSA) is 150 Å². The van der Waals surface area contributed by atoms with Gasteiger partial charge in [0.1, 0.15) is 24.2 Å². The van der Waals surface area contributed by atoms with Crippen LogP contribution in [0.15, 0.2) is 36.5 Å². The Labute approximate surface area is 214 Å². The first-order valence-corrected chi connectivity index (χ1v) is 12.3. The number of aliphatic hydroxyl groups is 1. The van der Waals surface area contributed by atoms with Crippen LogP contribution in [-0.4, -0.2) is 70.1 Å². The summed E-state index contributed by atoms with van der Waals surface area (Å²) in [6, 6.07) is 4.67. The highest BCUT2D eigenvalue weighted by Gasteiger charge is 2.33. The Morgan fingerprint density at radius 1 is 1.11 bits per heavy atom. The third-order valence-corrected chi connectivity index (χ3v) is 6.42.